The summed E-state index contributed by atoms with van der Waals surface area (Å²) in [7, 11) is 0. The molecule has 0 aliphatic carbocycles. The number of hydrogen-bond donors (Lipinski definition) is 2. The molecule has 1 heterocycles. The molecule has 0 radical (unpaired) electrons. The maximum Gasteiger partial charge on any atom is 0.0690 e. The van der Waals surface area contributed by atoms with Gasteiger partial charge in [-0.1, -0.05) is 18.2 Å². The Morgan fingerprint density at radius 2 is 2.17 bits per heavy atom. The minimum atomic E-state index is -0.251. The van der Waals surface area contributed by atoms with Gasteiger partial charge < -0.3 is 10.4 Å². The Balaban J connectivity index is 2.00. The summed E-state index contributed by atoms with van der Waals surface area (Å²) in [6, 6.07) is 10.1. The first-order valence-corrected chi connectivity index (χ1v) is 6.24. The Kier molecular flexibility index (Phi) is 4.50. The molecule has 2 N–H and O–H groups in total. The Bertz CT molecular complexity index is 466. The first-order valence-electron chi connectivity index (χ1n) is 6.24. The largest absolute Gasteiger partial charge is 0.393 e. The third-order valence-corrected chi connectivity index (χ3v) is 2.80. The van der Waals surface area contributed by atoms with Crippen molar-refractivity contribution in [1.82, 2.24) is 15.1 Å². The van der Waals surface area contributed by atoms with E-state index in [1.807, 2.05) is 29.1 Å². The summed E-state index contributed by atoms with van der Waals surface area (Å²) in [5.74, 6) is 0. The molecule has 4 heteroatoms. The molecule has 0 amide bonds. The summed E-state index contributed by atoms with van der Waals surface area (Å²) >= 11 is 0. The fourth-order valence-electron chi connectivity index (χ4n) is 1.83. The number of aliphatic hydroxyl groups excluding tert-OH is 1. The summed E-state index contributed by atoms with van der Waals surface area (Å²) in [5.41, 5.74) is 2.29. The lowest BCUT2D eigenvalue weighted by molar-refractivity contribution is 0.183. The van der Waals surface area contributed by atoms with E-state index in [9.17, 15) is 5.11 Å². The first kappa shape index (κ1) is 12.8. The molecule has 0 bridgehead atoms. The van der Waals surface area contributed by atoms with Crippen molar-refractivity contribution in [3.63, 3.8) is 0 Å². The second kappa shape index (κ2) is 6.33. The third-order valence-electron chi connectivity index (χ3n) is 2.80. The van der Waals surface area contributed by atoms with Crippen molar-refractivity contribution < 1.29 is 5.11 Å². The van der Waals surface area contributed by atoms with Gasteiger partial charge in [0.05, 0.1) is 11.8 Å². The molecule has 1 aromatic heterocycles. The van der Waals surface area contributed by atoms with Crippen LogP contribution in [0.25, 0.3) is 5.69 Å². The number of benzene rings is 1. The van der Waals surface area contributed by atoms with Gasteiger partial charge in [0.25, 0.3) is 0 Å². The normalized spacial score (nSPS) is 12.6. The first-order chi connectivity index (χ1) is 8.77. The molecule has 18 heavy (non-hydrogen) atoms. The van der Waals surface area contributed by atoms with Gasteiger partial charge in [0.1, 0.15) is 0 Å². The van der Waals surface area contributed by atoms with Gasteiger partial charge in [-0.15, -0.1) is 0 Å². The van der Waals surface area contributed by atoms with E-state index >= 15 is 0 Å². The van der Waals surface area contributed by atoms with E-state index in [2.05, 4.69) is 22.5 Å². The molecule has 0 fully saturated rings. The smallest absolute Gasteiger partial charge is 0.0690 e. The summed E-state index contributed by atoms with van der Waals surface area (Å²) in [6.45, 7) is 3.40. The molecule has 0 saturated heterocycles. The van der Waals surface area contributed by atoms with E-state index in [0.717, 1.165) is 25.2 Å². The minimum Gasteiger partial charge on any atom is -0.393 e. The summed E-state index contributed by atoms with van der Waals surface area (Å²) in [5, 5.41) is 16.8. The van der Waals surface area contributed by atoms with Crippen molar-refractivity contribution in [1.29, 1.82) is 0 Å². The molecule has 0 spiro atoms. The minimum absolute atomic E-state index is 0.251. The zero-order valence-corrected chi connectivity index (χ0v) is 10.6. The van der Waals surface area contributed by atoms with Crippen molar-refractivity contribution in [2.24, 2.45) is 0 Å². The van der Waals surface area contributed by atoms with Crippen LogP contribution >= 0.6 is 0 Å². The molecule has 1 atom stereocenters. The lowest BCUT2D eigenvalue weighted by Crippen LogP contribution is -2.19. The number of nitrogens with one attached hydrogen (secondary N) is 1. The van der Waals surface area contributed by atoms with E-state index in [0.29, 0.717) is 0 Å². The summed E-state index contributed by atoms with van der Waals surface area (Å²) in [4.78, 5) is 0. The fourth-order valence-corrected chi connectivity index (χ4v) is 1.83. The van der Waals surface area contributed by atoms with Crippen molar-refractivity contribution in [2.45, 2.75) is 26.0 Å². The van der Waals surface area contributed by atoms with Gasteiger partial charge in [-0.3, -0.25) is 0 Å². The van der Waals surface area contributed by atoms with Crippen LogP contribution < -0.4 is 5.32 Å². The maximum atomic E-state index is 9.20. The quantitative estimate of drug-likeness (QED) is 0.762. The van der Waals surface area contributed by atoms with Crippen molar-refractivity contribution in [3.05, 3.63) is 48.3 Å². The highest BCUT2D eigenvalue weighted by atomic mass is 16.3. The molecule has 2 rings (SSSR count). The van der Waals surface area contributed by atoms with E-state index < -0.39 is 0 Å². The summed E-state index contributed by atoms with van der Waals surface area (Å²) < 4.78 is 1.87. The highest BCUT2D eigenvalue weighted by molar-refractivity contribution is 5.40. The Hall–Kier alpha value is -1.65. The van der Waals surface area contributed by atoms with Crippen LogP contribution in [-0.4, -0.2) is 27.5 Å². The number of aliphatic hydroxyl groups is 1. The average molecular weight is 245 g/mol. The Morgan fingerprint density at radius 1 is 1.33 bits per heavy atom. The predicted molar refractivity (Wildman–Crippen MR) is 71.6 cm³/mol. The van der Waals surface area contributed by atoms with E-state index in [4.69, 9.17) is 0 Å². The average Bonchev–Trinajstić information content (AvgIpc) is 2.88. The zero-order valence-electron chi connectivity index (χ0n) is 10.6. The lowest BCUT2D eigenvalue weighted by Gasteiger charge is -2.11. The fraction of sp³-hybridized carbons (Fsp3) is 0.357. The second-order valence-electron chi connectivity index (χ2n) is 4.39. The van der Waals surface area contributed by atoms with Gasteiger partial charge in [-0.25, -0.2) is 4.68 Å². The molecule has 4 nitrogen and oxygen atoms in total. The van der Waals surface area contributed by atoms with E-state index in [1.54, 1.807) is 13.1 Å². The molecule has 96 valence electrons. The molecular weight excluding hydrogens is 226 g/mol. The van der Waals surface area contributed by atoms with Crippen LogP contribution in [0.3, 0.4) is 0 Å². The third kappa shape index (κ3) is 3.42. The molecule has 0 saturated carbocycles. The highest BCUT2D eigenvalue weighted by Gasteiger charge is 2.03. The number of para-hydroxylation sites is 1. The highest BCUT2D eigenvalue weighted by Crippen LogP contribution is 2.12. The van der Waals surface area contributed by atoms with E-state index in [-0.39, 0.29) is 6.10 Å². The molecule has 0 aliphatic rings. The van der Waals surface area contributed by atoms with E-state index in [1.165, 1.54) is 5.56 Å². The number of nitrogens with zero attached hydrogens (tertiary/aromatic N) is 2. The van der Waals surface area contributed by atoms with Gasteiger partial charge in [0.2, 0.25) is 0 Å². The molecule has 0 aliphatic heterocycles. The van der Waals surface area contributed by atoms with Crippen LogP contribution in [0, 0.1) is 0 Å². The van der Waals surface area contributed by atoms with Crippen LogP contribution in [-0.2, 0) is 6.54 Å². The SMILES string of the molecule is CC(O)CCNCc1ccccc1-n1cccn1. The van der Waals surface area contributed by atoms with Crippen LogP contribution in [0.5, 0.6) is 0 Å². The van der Waals surface area contributed by atoms with Gasteiger partial charge in [0, 0.05) is 18.9 Å². The summed E-state index contributed by atoms with van der Waals surface area (Å²) in [6.07, 6.45) is 4.23. The van der Waals surface area contributed by atoms with Gasteiger partial charge in [-0.2, -0.15) is 5.10 Å². The molecular formula is C14H19N3O. The molecule has 1 aromatic carbocycles. The van der Waals surface area contributed by atoms with Crippen molar-refractivity contribution in [2.75, 3.05) is 6.54 Å². The van der Waals surface area contributed by atoms with Crippen LogP contribution in [0.1, 0.15) is 18.9 Å². The van der Waals surface area contributed by atoms with Crippen LogP contribution in [0.4, 0.5) is 0 Å². The maximum absolute atomic E-state index is 9.20. The number of hydrogen-bond acceptors (Lipinski definition) is 3. The Morgan fingerprint density at radius 3 is 2.89 bits per heavy atom. The monoisotopic (exact) mass is 245 g/mol. The number of rotatable bonds is 6. The van der Waals surface area contributed by atoms with Crippen LogP contribution in [0.15, 0.2) is 42.7 Å². The standard InChI is InChI=1S/C14H19N3O/c1-12(18)7-9-15-11-13-5-2-3-6-14(13)17-10-4-8-16-17/h2-6,8,10,12,15,18H,7,9,11H2,1H3. The molecule has 1 unspecified atom stereocenters. The lowest BCUT2D eigenvalue weighted by atomic mass is 10.1. The van der Waals surface area contributed by atoms with Gasteiger partial charge in [-0.05, 0) is 37.6 Å². The number of aromatic nitrogens is 2. The van der Waals surface area contributed by atoms with Crippen LogP contribution in [0.2, 0.25) is 0 Å². The Labute approximate surface area is 107 Å². The predicted octanol–water partition coefficient (Wildman–Crippen LogP) is 1.73. The molecule has 2 aromatic rings. The van der Waals surface area contributed by atoms with Gasteiger partial charge >= 0.3 is 0 Å². The van der Waals surface area contributed by atoms with Crippen molar-refractivity contribution >= 4 is 0 Å². The van der Waals surface area contributed by atoms with Gasteiger partial charge in [0.15, 0.2) is 0 Å². The zero-order chi connectivity index (χ0) is 12.8. The van der Waals surface area contributed by atoms with Crippen molar-refractivity contribution in [3.8, 4) is 5.69 Å². The second-order valence-corrected chi connectivity index (χ2v) is 4.39. The topological polar surface area (TPSA) is 50.1 Å².